The number of nitrogens with zero attached hydrogens (tertiary/aromatic N) is 1. The van der Waals surface area contributed by atoms with Crippen molar-refractivity contribution in [3.8, 4) is 0 Å². The van der Waals surface area contributed by atoms with Gasteiger partial charge in [-0.15, -0.1) is 0 Å². The minimum absolute atomic E-state index is 0.101. The lowest BCUT2D eigenvalue weighted by molar-refractivity contribution is -0.141. The van der Waals surface area contributed by atoms with Crippen molar-refractivity contribution < 1.29 is 24.2 Å². The number of aliphatic hydroxyl groups excluding tert-OH is 1. The molecule has 0 spiro atoms. The lowest BCUT2D eigenvalue weighted by atomic mass is 10.2. The van der Waals surface area contributed by atoms with Crippen LogP contribution in [0.15, 0.2) is 22.8 Å². The highest BCUT2D eigenvalue weighted by atomic mass is 16.4. The molecule has 20 heavy (non-hydrogen) atoms. The second-order valence-electron chi connectivity index (χ2n) is 4.94. The van der Waals surface area contributed by atoms with Crippen molar-refractivity contribution in [2.75, 3.05) is 0 Å². The van der Waals surface area contributed by atoms with Crippen molar-refractivity contribution in [3.63, 3.8) is 0 Å². The van der Waals surface area contributed by atoms with Crippen LogP contribution < -0.4 is 5.32 Å². The largest absolute Gasteiger partial charge is 0.480 e. The molecule has 1 saturated carbocycles. The third-order valence-corrected chi connectivity index (χ3v) is 3.18. The average Bonchev–Trinajstić information content (AvgIpc) is 3.09. The number of carbonyl (C=O) groups excluding carboxylic acids is 1. The first-order valence-electron chi connectivity index (χ1n) is 6.49. The van der Waals surface area contributed by atoms with E-state index in [9.17, 15) is 14.7 Å². The quantitative estimate of drug-likeness (QED) is 0.715. The van der Waals surface area contributed by atoms with E-state index in [-0.39, 0.29) is 12.6 Å². The van der Waals surface area contributed by atoms with Crippen LogP contribution >= 0.6 is 0 Å². The Kier molecular flexibility index (Phi) is 4.29. The predicted octanol–water partition coefficient (Wildman–Crippen LogP) is 0.788. The van der Waals surface area contributed by atoms with Crippen molar-refractivity contribution in [2.45, 2.75) is 44.5 Å². The van der Waals surface area contributed by atoms with Gasteiger partial charge < -0.3 is 24.8 Å². The van der Waals surface area contributed by atoms with Crippen LogP contribution in [0.2, 0.25) is 0 Å². The third kappa shape index (κ3) is 3.51. The second kappa shape index (κ2) is 5.96. The molecule has 1 aromatic rings. The molecule has 0 unspecified atom stereocenters. The molecule has 2 rings (SSSR count). The zero-order valence-electron chi connectivity index (χ0n) is 11.2. The van der Waals surface area contributed by atoms with Gasteiger partial charge >= 0.3 is 12.0 Å². The number of rotatable bonds is 6. The Morgan fingerprint density at radius 2 is 2.25 bits per heavy atom. The SMILES string of the molecule is C[C@@H](O)[C@H](NC(=O)N(Cc1ccco1)C1CC1)C(=O)O. The molecule has 7 nitrogen and oxygen atoms in total. The maximum absolute atomic E-state index is 12.2. The highest BCUT2D eigenvalue weighted by Gasteiger charge is 2.35. The Bertz CT molecular complexity index is 467. The van der Waals surface area contributed by atoms with Gasteiger partial charge in [-0.2, -0.15) is 0 Å². The van der Waals surface area contributed by atoms with Crippen LogP contribution in [0, 0.1) is 0 Å². The average molecular weight is 282 g/mol. The normalized spacial score (nSPS) is 17.3. The smallest absolute Gasteiger partial charge is 0.328 e. The van der Waals surface area contributed by atoms with E-state index in [2.05, 4.69) is 5.32 Å². The van der Waals surface area contributed by atoms with E-state index in [0.29, 0.717) is 5.76 Å². The highest BCUT2D eigenvalue weighted by Crippen LogP contribution is 2.28. The van der Waals surface area contributed by atoms with Gasteiger partial charge in [0.1, 0.15) is 5.76 Å². The summed E-state index contributed by atoms with van der Waals surface area (Å²) in [7, 11) is 0. The monoisotopic (exact) mass is 282 g/mol. The lowest BCUT2D eigenvalue weighted by Gasteiger charge is -2.25. The molecule has 0 aromatic carbocycles. The zero-order chi connectivity index (χ0) is 14.7. The van der Waals surface area contributed by atoms with Crippen molar-refractivity contribution in [3.05, 3.63) is 24.2 Å². The molecule has 7 heteroatoms. The maximum atomic E-state index is 12.2. The van der Waals surface area contributed by atoms with E-state index in [1.807, 2.05) is 0 Å². The Morgan fingerprint density at radius 1 is 1.55 bits per heavy atom. The molecule has 1 heterocycles. The van der Waals surface area contributed by atoms with E-state index in [1.54, 1.807) is 12.1 Å². The number of hydrogen-bond acceptors (Lipinski definition) is 4. The Labute approximate surface area is 116 Å². The van der Waals surface area contributed by atoms with Gasteiger partial charge in [0.15, 0.2) is 6.04 Å². The van der Waals surface area contributed by atoms with Crippen LogP contribution in [0.3, 0.4) is 0 Å². The van der Waals surface area contributed by atoms with Gasteiger partial charge in [0, 0.05) is 6.04 Å². The van der Waals surface area contributed by atoms with E-state index in [4.69, 9.17) is 9.52 Å². The van der Waals surface area contributed by atoms with Gasteiger partial charge in [0.2, 0.25) is 0 Å². The van der Waals surface area contributed by atoms with Crippen molar-refractivity contribution in [2.24, 2.45) is 0 Å². The van der Waals surface area contributed by atoms with E-state index >= 15 is 0 Å². The predicted molar refractivity (Wildman–Crippen MR) is 68.9 cm³/mol. The van der Waals surface area contributed by atoms with Gasteiger partial charge in [-0.3, -0.25) is 0 Å². The molecule has 0 saturated heterocycles. The molecule has 1 fully saturated rings. The minimum Gasteiger partial charge on any atom is -0.480 e. The summed E-state index contributed by atoms with van der Waals surface area (Å²) >= 11 is 0. The van der Waals surface area contributed by atoms with Gasteiger partial charge in [-0.1, -0.05) is 0 Å². The van der Waals surface area contributed by atoms with E-state index in [0.717, 1.165) is 12.8 Å². The van der Waals surface area contributed by atoms with Gasteiger partial charge in [0.05, 0.1) is 18.9 Å². The number of furan rings is 1. The van der Waals surface area contributed by atoms with Crippen LogP contribution in [0.4, 0.5) is 4.79 Å². The first-order chi connectivity index (χ1) is 9.49. The summed E-state index contributed by atoms with van der Waals surface area (Å²) in [4.78, 5) is 24.7. The molecule has 0 bridgehead atoms. The maximum Gasteiger partial charge on any atom is 0.328 e. The summed E-state index contributed by atoms with van der Waals surface area (Å²) in [6.07, 6.45) is 2.14. The molecule has 1 aromatic heterocycles. The molecule has 0 aliphatic heterocycles. The summed E-state index contributed by atoms with van der Waals surface area (Å²) in [5.41, 5.74) is 0. The first kappa shape index (κ1) is 14.4. The molecule has 2 atom stereocenters. The molecule has 2 amide bonds. The zero-order valence-corrected chi connectivity index (χ0v) is 11.2. The standard InChI is InChI=1S/C13H18N2O5/c1-8(16)11(12(17)18)14-13(19)15(9-4-5-9)7-10-3-2-6-20-10/h2-3,6,8-9,11,16H,4-5,7H2,1H3,(H,14,19)(H,17,18)/t8-,11+/m1/s1. The number of aliphatic hydroxyl groups is 1. The number of aliphatic carboxylic acids is 1. The summed E-state index contributed by atoms with van der Waals surface area (Å²) < 4.78 is 5.20. The molecule has 110 valence electrons. The Hall–Kier alpha value is -2.02. The van der Waals surface area contributed by atoms with Crippen LogP contribution in [-0.2, 0) is 11.3 Å². The number of carbonyl (C=O) groups is 2. The third-order valence-electron chi connectivity index (χ3n) is 3.18. The summed E-state index contributed by atoms with van der Waals surface area (Å²) in [5.74, 6) is -0.627. The van der Waals surface area contributed by atoms with E-state index in [1.165, 1.54) is 18.1 Å². The summed E-state index contributed by atoms with van der Waals surface area (Å²) in [6.45, 7) is 1.61. The van der Waals surface area contributed by atoms with Crippen molar-refractivity contribution in [1.82, 2.24) is 10.2 Å². The second-order valence-corrected chi connectivity index (χ2v) is 4.94. The lowest BCUT2D eigenvalue weighted by Crippen LogP contribution is -2.52. The van der Waals surface area contributed by atoms with E-state index < -0.39 is 24.1 Å². The first-order valence-corrected chi connectivity index (χ1v) is 6.49. The fraction of sp³-hybridized carbons (Fsp3) is 0.538. The molecular formula is C13H18N2O5. The van der Waals surface area contributed by atoms with Crippen LogP contribution in [0.25, 0.3) is 0 Å². The number of amides is 2. The van der Waals surface area contributed by atoms with Crippen LogP contribution in [-0.4, -0.2) is 45.3 Å². The number of nitrogens with one attached hydrogen (secondary N) is 1. The van der Waals surface area contributed by atoms with Gasteiger partial charge in [-0.05, 0) is 31.9 Å². The fourth-order valence-corrected chi connectivity index (χ4v) is 1.93. The van der Waals surface area contributed by atoms with Crippen LogP contribution in [0.5, 0.6) is 0 Å². The number of hydrogen-bond donors (Lipinski definition) is 3. The highest BCUT2D eigenvalue weighted by molar-refractivity contribution is 5.83. The molecule has 0 radical (unpaired) electrons. The Balaban J connectivity index is 2.01. The van der Waals surface area contributed by atoms with Crippen molar-refractivity contribution in [1.29, 1.82) is 0 Å². The summed E-state index contributed by atoms with van der Waals surface area (Å²) in [6, 6.07) is 1.77. The minimum atomic E-state index is -1.32. The number of carboxylic acid groups (broad SMARTS) is 1. The molecule has 1 aliphatic rings. The van der Waals surface area contributed by atoms with Crippen molar-refractivity contribution >= 4 is 12.0 Å². The molecule has 1 aliphatic carbocycles. The fourth-order valence-electron chi connectivity index (χ4n) is 1.93. The van der Waals surface area contributed by atoms with Crippen LogP contribution in [0.1, 0.15) is 25.5 Å². The number of carboxylic acids is 1. The topological polar surface area (TPSA) is 103 Å². The van der Waals surface area contributed by atoms with Gasteiger partial charge in [-0.25, -0.2) is 9.59 Å². The summed E-state index contributed by atoms with van der Waals surface area (Å²) in [5, 5.41) is 20.7. The Morgan fingerprint density at radius 3 is 2.70 bits per heavy atom. The molecule has 3 N–H and O–H groups in total. The number of urea groups is 1. The molecular weight excluding hydrogens is 264 g/mol. The van der Waals surface area contributed by atoms with Gasteiger partial charge in [0.25, 0.3) is 0 Å².